The molecule has 0 heterocycles. The number of hydrogen-bond donors (Lipinski definition) is 2. The molecule has 2 fully saturated rings. The Morgan fingerprint density at radius 2 is 2.29 bits per heavy atom. The van der Waals surface area contributed by atoms with Crippen molar-refractivity contribution in [3.05, 3.63) is 0 Å². The standard InChI is InChI=1S/C13H24N2OS/c1-9(15-13(16)8-17-5-4-14)12-7-10-2-3-11(12)6-10/h9-12H,2-8,14H2,1H3,(H,15,16). The Balaban J connectivity index is 1.70. The lowest BCUT2D eigenvalue weighted by atomic mass is 9.84. The van der Waals surface area contributed by atoms with Crippen LogP contribution < -0.4 is 11.1 Å². The van der Waals surface area contributed by atoms with Gasteiger partial charge in [0.2, 0.25) is 5.91 Å². The van der Waals surface area contributed by atoms with Crippen LogP contribution in [0.1, 0.15) is 32.6 Å². The molecule has 0 aromatic carbocycles. The maximum Gasteiger partial charge on any atom is 0.230 e. The van der Waals surface area contributed by atoms with E-state index in [4.69, 9.17) is 5.73 Å². The molecule has 4 unspecified atom stereocenters. The molecule has 4 heteroatoms. The molecule has 1 amide bonds. The van der Waals surface area contributed by atoms with Crippen LogP contribution >= 0.6 is 11.8 Å². The number of rotatable bonds is 6. The van der Waals surface area contributed by atoms with Gasteiger partial charge in [-0.2, -0.15) is 11.8 Å². The van der Waals surface area contributed by atoms with Crippen LogP contribution in [-0.2, 0) is 4.79 Å². The highest BCUT2D eigenvalue weighted by atomic mass is 32.2. The number of nitrogens with two attached hydrogens (primary N) is 1. The highest BCUT2D eigenvalue weighted by molar-refractivity contribution is 7.99. The van der Waals surface area contributed by atoms with E-state index in [1.165, 1.54) is 25.7 Å². The summed E-state index contributed by atoms with van der Waals surface area (Å²) in [7, 11) is 0. The maximum atomic E-state index is 11.7. The molecule has 0 aliphatic heterocycles. The quantitative estimate of drug-likeness (QED) is 0.710. The van der Waals surface area contributed by atoms with E-state index in [1.54, 1.807) is 11.8 Å². The zero-order valence-corrected chi connectivity index (χ0v) is 11.5. The Morgan fingerprint density at radius 3 is 2.88 bits per heavy atom. The summed E-state index contributed by atoms with van der Waals surface area (Å²) in [5.41, 5.74) is 5.40. The second kappa shape index (κ2) is 6.10. The van der Waals surface area contributed by atoms with Crippen LogP contribution in [0.15, 0.2) is 0 Å². The first kappa shape index (κ1) is 13.2. The van der Waals surface area contributed by atoms with Crippen LogP contribution in [0.25, 0.3) is 0 Å². The summed E-state index contributed by atoms with van der Waals surface area (Å²) in [5, 5.41) is 3.16. The molecule has 0 saturated heterocycles. The molecule has 4 atom stereocenters. The van der Waals surface area contributed by atoms with E-state index in [2.05, 4.69) is 12.2 Å². The molecule has 17 heavy (non-hydrogen) atoms. The zero-order chi connectivity index (χ0) is 12.3. The van der Waals surface area contributed by atoms with Gasteiger partial charge in [-0.15, -0.1) is 0 Å². The SMILES string of the molecule is CC(NC(=O)CSCCN)C1CC2CCC1C2. The lowest BCUT2D eigenvalue weighted by Crippen LogP contribution is -2.41. The van der Waals surface area contributed by atoms with Crippen LogP contribution in [0.4, 0.5) is 0 Å². The van der Waals surface area contributed by atoms with Gasteiger partial charge in [0.05, 0.1) is 5.75 Å². The predicted octanol–water partition coefficient (Wildman–Crippen LogP) is 1.62. The Hall–Kier alpha value is -0.220. The predicted molar refractivity (Wildman–Crippen MR) is 72.9 cm³/mol. The molecular formula is C13H24N2OS. The Bertz CT molecular complexity index is 272. The highest BCUT2D eigenvalue weighted by Gasteiger charge is 2.41. The maximum absolute atomic E-state index is 11.7. The van der Waals surface area contributed by atoms with Crippen molar-refractivity contribution < 1.29 is 4.79 Å². The first-order valence-corrected chi connectivity index (χ1v) is 7.93. The lowest BCUT2D eigenvalue weighted by molar-refractivity contribution is -0.119. The van der Waals surface area contributed by atoms with E-state index in [1.807, 2.05) is 0 Å². The van der Waals surface area contributed by atoms with Crippen molar-refractivity contribution in [2.45, 2.75) is 38.6 Å². The summed E-state index contributed by atoms with van der Waals surface area (Å²) < 4.78 is 0. The van der Waals surface area contributed by atoms with Gasteiger partial charge >= 0.3 is 0 Å². The summed E-state index contributed by atoms with van der Waals surface area (Å²) in [5.74, 6) is 4.18. The number of hydrogen-bond acceptors (Lipinski definition) is 3. The summed E-state index contributed by atoms with van der Waals surface area (Å²) in [6.07, 6.45) is 5.56. The summed E-state index contributed by atoms with van der Waals surface area (Å²) in [6, 6.07) is 0.358. The molecule has 98 valence electrons. The van der Waals surface area contributed by atoms with E-state index in [-0.39, 0.29) is 5.91 Å². The van der Waals surface area contributed by atoms with E-state index < -0.39 is 0 Å². The smallest absolute Gasteiger partial charge is 0.230 e. The first-order chi connectivity index (χ1) is 8.20. The molecule has 2 aliphatic carbocycles. The van der Waals surface area contributed by atoms with Gasteiger partial charge in [-0.05, 0) is 43.9 Å². The molecule has 2 aliphatic rings. The van der Waals surface area contributed by atoms with Crippen molar-refractivity contribution in [3.8, 4) is 0 Å². The van der Waals surface area contributed by atoms with Gasteiger partial charge in [0.25, 0.3) is 0 Å². The third kappa shape index (κ3) is 3.38. The molecule has 2 saturated carbocycles. The van der Waals surface area contributed by atoms with Crippen molar-refractivity contribution in [2.75, 3.05) is 18.1 Å². The second-order valence-electron chi connectivity index (χ2n) is 5.54. The first-order valence-electron chi connectivity index (χ1n) is 6.78. The van der Waals surface area contributed by atoms with Gasteiger partial charge in [0.1, 0.15) is 0 Å². The Kier molecular flexibility index (Phi) is 4.74. The zero-order valence-electron chi connectivity index (χ0n) is 10.7. The fraction of sp³-hybridized carbons (Fsp3) is 0.923. The van der Waals surface area contributed by atoms with Gasteiger partial charge in [0, 0.05) is 18.3 Å². The van der Waals surface area contributed by atoms with Gasteiger partial charge in [-0.1, -0.05) is 6.42 Å². The second-order valence-corrected chi connectivity index (χ2v) is 6.64. The van der Waals surface area contributed by atoms with Crippen molar-refractivity contribution in [1.82, 2.24) is 5.32 Å². The lowest BCUT2D eigenvalue weighted by Gasteiger charge is -2.28. The molecular weight excluding hydrogens is 232 g/mol. The van der Waals surface area contributed by atoms with Crippen molar-refractivity contribution in [1.29, 1.82) is 0 Å². The molecule has 0 radical (unpaired) electrons. The molecule has 0 aromatic rings. The number of carbonyl (C=O) groups excluding carboxylic acids is 1. The van der Waals surface area contributed by atoms with Crippen LogP contribution in [-0.4, -0.2) is 30.0 Å². The van der Waals surface area contributed by atoms with Gasteiger partial charge in [-0.25, -0.2) is 0 Å². The van der Waals surface area contributed by atoms with E-state index >= 15 is 0 Å². The summed E-state index contributed by atoms with van der Waals surface area (Å²) in [4.78, 5) is 11.7. The minimum Gasteiger partial charge on any atom is -0.353 e. The number of nitrogens with one attached hydrogen (secondary N) is 1. The normalized spacial score (nSPS) is 32.7. The number of thioether (sulfide) groups is 1. The molecule has 3 nitrogen and oxygen atoms in total. The van der Waals surface area contributed by atoms with Crippen LogP contribution in [0.2, 0.25) is 0 Å². The van der Waals surface area contributed by atoms with Gasteiger partial charge < -0.3 is 11.1 Å². The number of carbonyl (C=O) groups is 1. The molecule has 3 N–H and O–H groups in total. The van der Waals surface area contributed by atoms with Crippen molar-refractivity contribution >= 4 is 17.7 Å². The van der Waals surface area contributed by atoms with Crippen LogP contribution in [0.5, 0.6) is 0 Å². The molecule has 0 aromatic heterocycles. The van der Waals surface area contributed by atoms with Crippen LogP contribution in [0.3, 0.4) is 0 Å². The van der Waals surface area contributed by atoms with Crippen LogP contribution in [0, 0.1) is 17.8 Å². The van der Waals surface area contributed by atoms with E-state index in [0.717, 1.165) is 23.5 Å². The third-order valence-corrected chi connectivity index (χ3v) is 5.31. The van der Waals surface area contributed by atoms with Crippen molar-refractivity contribution in [3.63, 3.8) is 0 Å². The monoisotopic (exact) mass is 256 g/mol. The molecule has 2 bridgehead atoms. The van der Waals surface area contributed by atoms with Gasteiger partial charge in [-0.3, -0.25) is 4.79 Å². The Labute approximate surface area is 108 Å². The summed E-state index contributed by atoms with van der Waals surface area (Å²) in [6.45, 7) is 2.83. The Morgan fingerprint density at radius 1 is 1.47 bits per heavy atom. The van der Waals surface area contributed by atoms with Crippen molar-refractivity contribution in [2.24, 2.45) is 23.5 Å². The van der Waals surface area contributed by atoms with E-state index in [0.29, 0.717) is 18.3 Å². The third-order valence-electron chi connectivity index (χ3n) is 4.32. The number of amides is 1. The molecule has 0 spiro atoms. The number of fused-ring (bicyclic) bond motifs is 2. The van der Waals surface area contributed by atoms with Gasteiger partial charge in [0.15, 0.2) is 0 Å². The fourth-order valence-electron chi connectivity index (χ4n) is 3.56. The average molecular weight is 256 g/mol. The topological polar surface area (TPSA) is 55.1 Å². The molecule has 2 rings (SSSR count). The minimum absolute atomic E-state index is 0.179. The summed E-state index contributed by atoms with van der Waals surface area (Å²) >= 11 is 1.62. The highest BCUT2D eigenvalue weighted by Crippen LogP contribution is 2.49. The fourth-order valence-corrected chi connectivity index (χ4v) is 4.14. The minimum atomic E-state index is 0.179. The largest absolute Gasteiger partial charge is 0.353 e. The van der Waals surface area contributed by atoms with E-state index in [9.17, 15) is 4.79 Å². The average Bonchev–Trinajstić information content (AvgIpc) is 2.91.